The molecule has 0 bridgehead atoms. The van der Waals surface area contributed by atoms with Gasteiger partial charge in [-0.25, -0.2) is 8.42 Å². The van der Waals surface area contributed by atoms with Gasteiger partial charge in [0.1, 0.15) is 0 Å². The van der Waals surface area contributed by atoms with Gasteiger partial charge in [-0.3, -0.25) is 14.6 Å². The molecule has 0 aliphatic carbocycles. The van der Waals surface area contributed by atoms with Gasteiger partial charge in [0.15, 0.2) is 0 Å². The van der Waals surface area contributed by atoms with Gasteiger partial charge < -0.3 is 4.90 Å². The van der Waals surface area contributed by atoms with E-state index in [0.29, 0.717) is 37.6 Å². The number of hydrogen-bond donors (Lipinski definition) is 0. The van der Waals surface area contributed by atoms with Crippen molar-refractivity contribution in [3.63, 3.8) is 0 Å². The molecule has 0 saturated carbocycles. The zero-order valence-electron chi connectivity index (χ0n) is 23.2. The van der Waals surface area contributed by atoms with Crippen LogP contribution in [0.5, 0.6) is 0 Å². The standard InChI is InChI=1S/C32H38N4O3S/c1-27-12-14-31(15-13-27)40(38,39)36-23-19-34(20-24-36)26-29-9-5-11-30(25-29)32(37)35-21-17-33(18-22-35)16-6-10-28-7-3-2-4-8-28/h2-15,25H,16-24,26H2,1H3/b10-6+. The Balaban J connectivity index is 1.10. The highest BCUT2D eigenvalue weighted by atomic mass is 32.2. The number of aryl methyl sites for hydroxylation is 1. The van der Waals surface area contributed by atoms with Crippen molar-refractivity contribution in [1.29, 1.82) is 0 Å². The minimum absolute atomic E-state index is 0.0790. The van der Waals surface area contributed by atoms with Crippen LogP contribution in [0, 0.1) is 6.92 Å². The summed E-state index contributed by atoms with van der Waals surface area (Å²) >= 11 is 0. The van der Waals surface area contributed by atoms with E-state index in [2.05, 4.69) is 34.1 Å². The van der Waals surface area contributed by atoms with Crippen molar-refractivity contribution in [3.05, 3.63) is 107 Å². The molecule has 0 spiro atoms. The van der Waals surface area contributed by atoms with E-state index in [1.165, 1.54) is 5.56 Å². The summed E-state index contributed by atoms with van der Waals surface area (Å²) < 4.78 is 27.6. The van der Waals surface area contributed by atoms with E-state index in [9.17, 15) is 13.2 Å². The Bertz CT molecular complexity index is 1410. The van der Waals surface area contributed by atoms with Gasteiger partial charge in [0.05, 0.1) is 4.90 Å². The van der Waals surface area contributed by atoms with E-state index < -0.39 is 10.0 Å². The van der Waals surface area contributed by atoms with Crippen LogP contribution >= 0.6 is 0 Å². The summed E-state index contributed by atoms with van der Waals surface area (Å²) in [4.78, 5) is 20.2. The zero-order valence-corrected chi connectivity index (χ0v) is 24.0. The molecule has 0 atom stereocenters. The van der Waals surface area contributed by atoms with Crippen LogP contribution in [-0.4, -0.2) is 92.2 Å². The number of amides is 1. The van der Waals surface area contributed by atoms with Crippen molar-refractivity contribution in [3.8, 4) is 0 Å². The first-order valence-electron chi connectivity index (χ1n) is 14.0. The van der Waals surface area contributed by atoms with Gasteiger partial charge in [-0.15, -0.1) is 0 Å². The molecule has 8 heteroatoms. The lowest BCUT2D eigenvalue weighted by molar-refractivity contribution is 0.0650. The Labute approximate surface area is 238 Å². The Kier molecular flexibility index (Phi) is 9.11. The van der Waals surface area contributed by atoms with Crippen LogP contribution < -0.4 is 0 Å². The van der Waals surface area contributed by atoms with Crippen LogP contribution in [0.4, 0.5) is 0 Å². The summed E-state index contributed by atoms with van der Waals surface area (Å²) in [7, 11) is -3.48. The van der Waals surface area contributed by atoms with E-state index >= 15 is 0 Å². The average molecular weight is 559 g/mol. The molecule has 5 rings (SSSR count). The number of nitrogens with zero attached hydrogens (tertiary/aromatic N) is 4. The van der Waals surface area contributed by atoms with E-state index in [0.717, 1.165) is 49.4 Å². The number of benzene rings is 3. The second-order valence-corrected chi connectivity index (χ2v) is 12.5. The third-order valence-electron chi connectivity index (χ3n) is 7.70. The molecule has 2 fully saturated rings. The smallest absolute Gasteiger partial charge is 0.253 e. The summed E-state index contributed by atoms with van der Waals surface area (Å²) in [5, 5.41) is 0. The summed E-state index contributed by atoms with van der Waals surface area (Å²) in [5.41, 5.74) is 4.03. The number of sulfonamides is 1. The monoisotopic (exact) mass is 558 g/mol. The number of carbonyl (C=O) groups is 1. The molecule has 40 heavy (non-hydrogen) atoms. The van der Waals surface area contributed by atoms with Crippen LogP contribution in [0.1, 0.15) is 27.0 Å². The van der Waals surface area contributed by atoms with E-state index in [1.807, 2.05) is 66.4 Å². The van der Waals surface area contributed by atoms with Crippen molar-refractivity contribution in [2.75, 3.05) is 58.9 Å². The molecule has 2 heterocycles. The molecule has 7 nitrogen and oxygen atoms in total. The van der Waals surface area contributed by atoms with Crippen LogP contribution in [0.15, 0.2) is 89.8 Å². The molecule has 2 aliphatic rings. The first-order valence-corrected chi connectivity index (χ1v) is 15.4. The lowest BCUT2D eigenvalue weighted by atomic mass is 10.1. The molecule has 2 aliphatic heterocycles. The molecular weight excluding hydrogens is 520 g/mol. The SMILES string of the molecule is Cc1ccc(S(=O)(=O)N2CCN(Cc3cccc(C(=O)N4CCN(C/C=C/c5ccccc5)CC4)c3)CC2)cc1. The van der Waals surface area contributed by atoms with E-state index in [1.54, 1.807) is 16.4 Å². The van der Waals surface area contributed by atoms with Gasteiger partial charge in [-0.05, 0) is 42.3 Å². The molecule has 0 aromatic heterocycles. The molecule has 3 aromatic carbocycles. The fraction of sp³-hybridized carbons (Fsp3) is 0.344. The highest BCUT2D eigenvalue weighted by molar-refractivity contribution is 7.89. The summed E-state index contributed by atoms with van der Waals surface area (Å²) in [6.07, 6.45) is 4.33. The molecule has 0 N–H and O–H groups in total. The zero-order chi connectivity index (χ0) is 28.0. The quantitative estimate of drug-likeness (QED) is 0.419. The maximum absolute atomic E-state index is 13.3. The van der Waals surface area contributed by atoms with Crippen LogP contribution in [-0.2, 0) is 16.6 Å². The molecule has 0 radical (unpaired) electrons. The second kappa shape index (κ2) is 12.9. The molecule has 210 valence electrons. The van der Waals surface area contributed by atoms with Gasteiger partial charge in [-0.1, -0.05) is 72.3 Å². The second-order valence-electron chi connectivity index (χ2n) is 10.6. The van der Waals surface area contributed by atoms with Gasteiger partial charge in [0.25, 0.3) is 5.91 Å². The molecule has 2 saturated heterocycles. The molecule has 3 aromatic rings. The number of hydrogen-bond acceptors (Lipinski definition) is 5. The first kappa shape index (κ1) is 28.2. The van der Waals surface area contributed by atoms with Crippen molar-refractivity contribution >= 4 is 22.0 Å². The van der Waals surface area contributed by atoms with Gasteiger partial charge in [0, 0.05) is 71.0 Å². The van der Waals surface area contributed by atoms with Crippen LogP contribution in [0.3, 0.4) is 0 Å². The van der Waals surface area contributed by atoms with Crippen molar-refractivity contribution in [2.24, 2.45) is 0 Å². The first-order chi connectivity index (χ1) is 19.4. The molecule has 1 amide bonds. The Morgan fingerprint density at radius 3 is 2.15 bits per heavy atom. The van der Waals surface area contributed by atoms with Crippen molar-refractivity contribution in [1.82, 2.24) is 19.0 Å². The summed E-state index contributed by atoms with van der Waals surface area (Å²) in [5.74, 6) is 0.0790. The number of rotatable bonds is 8. The minimum Gasteiger partial charge on any atom is -0.336 e. The maximum atomic E-state index is 13.3. The molecular formula is C32H38N4O3S. The predicted octanol–water partition coefficient (Wildman–Crippen LogP) is 3.97. The lowest BCUT2D eigenvalue weighted by Crippen LogP contribution is -2.48. The topological polar surface area (TPSA) is 64.2 Å². The Morgan fingerprint density at radius 2 is 1.45 bits per heavy atom. The normalized spacial score (nSPS) is 17.9. The lowest BCUT2D eigenvalue weighted by Gasteiger charge is -2.35. The average Bonchev–Trinajstić information content (AvgIpc) is 2.98. The molecule has 0 unspecified atom stereocenters. The highest BCUT2D eigenvalue weighted by Crippen LogP contribution is 2.20. The fourth-order valence-corrected chi connectivity index (χ4v) is 6.69. The van der Waals surface area contributed by atoms with Crippen molar-refractivity contribution < 1.29 is 13.2 Å². The van der Waals surface area contributed by atoms with Gasteiger partial charge >= 0.3 is 0 Å². The van der Waals surface area contributed by atoms with Crippen molar-refractivity contribution in [2.45, 2.75) is 18.4 Å². The third-order valence-corrected chi connectivity index (χ3v) is 9.62. The summed E-state index contributed by atoms with van der Waals surface area (Å²) in [6, 6.07) is 25.2. The van der Waals surface area contributed by atoms with Gasteiger partial charge in [0.2, 0.25) is 10.0 Å². The minimum atomic E-state index is -3.48. The van der Waals surface area contributed by atoms with Crippen LogP contribution in [0.25, 0.3) is 6.08 Å². The van der Waals surface area contributed by atoms with E-state index in [4.69, 9.17) is 0 Å². The Hall–Kier alpha value is -3.30. The summed E-state index contributed by atoms with van der Waals surface area (Å²) in [6.45, 7) is 8.92. The number of carbonyl (C=O) groups excluding carboxylic acids is 1. The Morgan fingerprint density at radius 1 is 0.775 bits per heavy atom. The maximum Gasteiger partial charge on any atom is 0.253 e. The number of piperazine rings is 2. The van der Waals surface area contributed by atoms with E-state index in [-0.39, 0.29) is 5.91 Å². The third kappa shape index (κ3) is 7.06. The van der Waals surface area contributed by atoms with Gasteiger partial charge in [-0.2, -0.15) is 4.31 Å². The van der Waals surface area contributed by atoms with Crippen LogP contribution in [0.2, 0.25) is 0 Å². The predicted molar refractivity (Wildman–Crippen MR) is 159 cm³/mol. The fourth-order valence-electron chi connectivity index (χ4n) is 5.27. The highest BCUT2D eigenvalue weighted by Gasteiger charge is 2.28. The largest absolute Gasteiger partial charge is 0.336 e.